The Morgan fingerprint density at radius 3 is 2.76 bits per heavy atom. The molecule has 10 heteroatoms. The third-order valence-electron chi connectivity index (χ3n) is 4.85. The van der Waals surface area contributed by atoms with Crippen LogP contribution in [0.15, 0.2) is 23.4 Å². The Labute approximate surface area is 175 Å². The van der Waals surface area contributed by atoms with E-state index in [1.807, 2.05) is 32.0 Å². The second-order valence-corrected chi connectivity index (χ2v) is 8.92. The number of nitrogens with two attached hydrogens (primary N) is 1. The van der Waals surface area contributed by atoms with E-state index in [9.17, 15) is 9.59 Å². The largest absolute Gasteiger partial charge is 0.365 e. The van der Waals surface area contributed by atoms with Crippen LogP contribution in [0.2, 0.25) is 0 Å². The van der Waals surface area contributed by atoms with E-state index in [1.54, 1.807) is 4.68 Å². The first-order chi connectivity index (χ1) is 14.0. The lowest BCUT2D eigenvalue weighted by Gasteiger charge is -2.10. The van der Waals surface area contributed by atoms with E-state index < -0.39 is 5.91 Å². The number of nitrogens with one attached hydrogen (secondary N) is 1. The number of nitrogens with zero attached hydrogens (tertiary/aromatic N) is 4. The van der Waals surface area contributed by atoms with Crippen molar-refractivity contribution in [2.24, 2.45) is 5.73 Å². The van der Waals surface area contributed by atoms with Gasteiger partial charge in [0, 0.05) is 4.88 Å². The summed E-state index contributed by atoms with van der Waals surface area (Å²) in [6, 6.07) is 5.96. The predicted molar refractivity (Wildman–Crippen MR) is 113 cm³/mol. The van der Waals surface area contributed by atoms with Gasteiger partial charge >= 0.3 is 0 Å². The van der Waals surface area contributed by atoms with Crippen LogP contribution in [-0.4, -0.2) is 37.8 Å². The quantitative estimate of drug-likeness (QED) is 0.583. The number of rotatable bonds is 6. The summed E-state index contributed by atoms with van der Waals surface area (Å²) < 4.78 is 1.65. The number of fused-ring (bicyclic) bond motifs is 1. The van der Waals surface area contributed by atoms with Crippen LogP contribution in [0.25, 0.3) is 5.69 Å². The summed E-state index contributed by atoms with van der Waals surface area (Å²) in [5.41, 5.74) is 10.00. The number of primary amides is 1. The van der Waals surface area contributed by atoms with E-state index in [-0.39, 0.29) is 11.7 Å². The van der Waals surface area contributed by atoms with Crippen molar-refractivity contribution in [3.8, 4) is 5.69 Å². The number of amides is 2. The molecule has 2 heterocycles. The lowest BCUT2D eigenvalue weighted by atomic mass is 10.1. The van der Waals surface area contributed by atoms with Crippen molar-refractivity contribution in [2.75, 3.05) is 11.1 Å². The van der Waals surface area contributed by atoms with Crippen molar-refractivity contribution in [1.82, 2.24) is 20.2 Å². The molecule has 150 valence electrons. The summed E-state index contributed by atoms with van der Waals surface area (Å²) in [4.78, 5) is 25.6. The Balaban J connectivity index is 1.49. The predicted octanol–water partition coefficient (Wildman–Crippen LogP) is 2.66. The molecule has 0 aliphatic heterocycles. The van der Waals surface area contributed by atoms with Crippen LogP contribution in [0.4, 0.5) is 5.00 Å². The van der Waals surface area contributed by atoms with Gasteiger partial charge in [0.2, 0.25) is 11.1 Å². The van der Waals surface area contributed by atoms with Gasteiger partial charge in [-0.1, -0.05) is 30.0 Å². The van der Waals surface area contributed by atoms with Gasteiger partial charge in [0.25, 0.3) is 5.91 Å². The molecule has 0 unspecified atom stereocenters. The number of carbonyl (C=O) groups excluding carboxylic acids is 2. The summed E-state index contributed by atoms with van der Waals surface area (Å²) in [7, 11) is 0. The van der Waals surface area contributed by atoms with Crippen LogP contribution in [0, 0.1) is 13.8 Å². The Morgan fingerprint density at radius 1 is 1.28 bits per heavy atom. The van der Waals surface area contributed by atoms with Gasteiger partial charge in [0.05, 0.1) is 17.0 Å². The van der Waals surface area contributed by atoms with Crippen molar-refractivity contribution in [3.63, 3.8) is 0 Å². The molecule has 29 heavy (non-hydrogen) atoms. The molecule has 0 atom stereocenters. The summed E-state index contributed by atoms with van der Waals surface area (Å²) >= 11 is 2.69. The molecular weight excluding hydrogens is 408 g/mol. The molecule has 0 fully saturated rings. The molecule has 3 N–H and O–H groups in total. The zero-order valence-electron chi connectivity index (χ0n) is 16.1. The van der Waals surface area contributed by atoms with Crippen LogP contribution < -0.4 is 11.1 Å². The molecule has 8 nitrogen and oxygen atoms in total. The van der Waals surface area contributed by atoms with E-state index in [0.717, 1.165) is 46.5 Å². The smallest absolute Gasteiger partial charge is 0.251 e. The highest BCUT2D eigenvalue weighted by atomic mass is 32.2. The lowest BCUT2D eigenvalue weighted by molar-refractivity contribution is -0.113. The SMILES string of the molecule is Cc1cccc(C)c1-n1nnnc1SCC(=O)Nc1sc2c(c1C(N)=O)CCC2. The summed E-state index contributed by atoms with van der Waals surface area (Å²) in [5, 5.41) is 15.8. The first-order valence-corrected chi connectivity index (χ1v) is 11.0. The van der Waals surface area contributed by atoms with Crippen LogP contribution in [0.5, 0.6) is 0 Å². The van der Waals surface area contributed by atoms with Gasteiger partial charge in [-0.05, 0) is 60.2 Å². The molecule has 1 aliphatic rings. The minimum Gasteiger partial charge on any atom is -0.365 e. The van der Waals surface area contributed by atoms with Crippen LogP contribution in [0.3, 0.4) is 0 Å². The Hall–Kier alpha value is -2.72. The van der Waals surface area contributed by atoms with E-state index in [4.69, 9.17) is 5.73 Å². The fraction of sp³-hybridized carbons (Fsp3) is 0.316. The number of aromatic nitrogens is 4. The number of aryl methyl sites for hydroxylation is 3. The highest BCUT2D eigenvalue weighted by Gasteiger charge is 2.26. The maximum absolute atomic E-state index is 12.5. The zero-order chi connectivity index (χ0) is 20.5. The molecule has 1 aromatic carbocycles. The molecule has 0 bridgehead atoms. The van der Waals surface area contributed by atoms with Crippen molar-refractivity contribution < 1.29 is 9.59 Å². The number of thiophene rings is 1. The summed E-state index contributed by atoms with van der Waals surface area (Å²) in [6.07, 6.45) is 2.78. The van der Waals surface area contributed by atoms with E-state index in [2.05, 4.69) is 20.8 Å². The van der Waals surface area contributed by atoms with E-state index >= 15 is 0 Å². The fourth-order valence-electron chi connectivity index (χ4n) is 3.59. The molecule has 4 rings (SSSR count). The maximum atomic E-state index is 12.5. The molecule has 0 saturated heterocycles. The molecule has 2 amide bonds. The van der Waals surface area contributed by atoms with Crippen LogP contribution in [0.1, 0.15) is 38.3 Å². The normalized spacial score (nSPS) is 12.8. The van der Waals surface area contributed by atoms with Gasteiger partial charge < -0.3 is 11.1 Å². The van der Waals surface area contributed by atoms with Crippen molar-refractivity contribution in [3.05, 3.63) is 45.3 Å². The van der Waals surface area contributed by atoms with Gasteiger partial charge in [-0.3, -0.25) is 9.59 Å². The number of thioether (sulfide) groups is 1. The average molecular weight is 429 g/mol. The maximum Gasteiger partial charge on any atom is 0.251 e. The lowest BCUT2D eigenvalue weighted by Crippen LogP contribution is -2.19. The Kier molecular flexibility index (Phi) is 5.37. The van der Waals surface area contributed by atoms with Crippen molar-refractivity contribution in [2.45, 2.75) is 38.3 Å². The number of para-hydroxylation sites is 1. The summed E-state index contributed by atoms with van der Waals surface area (Å²) in [6.45, 7) is 3.99. The van der Waals surface area contributed by atoms with Crippen molar-refractivity contribution >= 4 is 39.9 Å². The van der Waals surface area contributed by atoms with Crippen molar-refractivity contribution in [1.29, 1.82) is 0 Å². The zero-order valence-corrected chi connectivity index (χ0v) is 17.7. The number of anilines is 1. The number of hydrogen-bond acceptors (Lipinski definition) is 7. The molecular formula is C19H20N6O2S2. The Morgan fingerprint density at radius 2 is 2.03 bits per heavy atom. The fourth-order valence-corrected chi connectivity index (χ4v) is 5.58. The monoisotopic (exact) mass is 428 g/mol. The summed E-state index contributed by atoms with van der Waals surface area (Å²) in [5.74, 6) is -0.605. The topological polar surface area (TPSA) is 116 Å². The van der Waals surface area contributed by atoms with Gasteiger partial charge in [-0.2, -0.15) is 4.68 Å². The molecule has 1 aliphatic carbocycles. The van der Waals surface area contributed by atoms with Crippen LogP contribution in [-0.2, 0) is 17.6 Å². The molecule has 2 aromatic heterocycles. The highest BCUT2D eigenvalue weighted by molar-refractivity contribution is 7.99. The van der Waals surface area contributed by atoms with Gasteiger partial charge in [-0.25, -0.2) is 0 Å². The third kappa shape index (κ3) is 3.77. The minimum atomic E-state index is -0.494. The van der Waals surface area contributed by atoms with E-state index in [0.29, 0.717) is 15.7 Å². The molecule has 0 spiro atoms. The third-order valence-corrected chi connectivity index (χ3v) is 6.97. The number of hydrogen-bond donors (Lipinski definition) is 2. The van der Waals surface area contributed by atoms with E-state index in [1.165, 1.54) is 23.1 Å². The van der Waals surface area contributed by atoms with Gasteiger partial charge in [0.15, 0.2) is 0 Å². The standard InChI is InChI=1S/C19H20N6O2S2/c1-10-5-3-6-11(2)16(10)25-19(22-23-24-25)28-9-14(26)21-18-15(17(20)27)12-7-4-8-13(12)29-18/h3,5-6H,4,7-9H2,1-2H3,(H2,20,27)(H,21,26). The molecule has 3 aromatic rings. The second kappa shape index (κ2) is 7.96. The number of carbonyl (C=O) groups is 2. The van der Waals surface area contributed by atoms with Gasteiger partial charge in [-0.15, -0.1) is 16.4 Å². The average Bonchev–Trinajstić information content (AvgIpc) is 3.35. The van der Waals surface area contributed by atoms with Gasteiger partial charge in [0.1, 0.15) is 5.00 Å². The number of tetrazole rings is 1. The second-order valence-electron chi connectivity index (χ2n) is 6.88. The number of benzene rings is 1. The highest BCUT2D eigenvalue weighted by Crippen LogP contribution is 2.39. The molecule has 0 radical (unpaired) electrons. The Bertz CT molecular complexity index is 1080. The molecule has 0 saturated carbocycles. The first-order valence-electron chi connectivity index (χ1n) is 9.17. The van der Waals surface area contributed by atoms with Crippen LogP contribution >= 0.6 is 23.1 Å². The minimum absolute atomic E-state index is 0.117. The first kappa shape index (κ1) is 19.6.